The van der Waals surface area contributed by atoms with Gasteiger partial charge in [-0.05, 0) is 12.1 Å². The summed E-state index contributed by atoms with van der Waals surface area (Å²) >= 11 is 0. The topological polar surface area (TPSA) is 69.2 Å². The number of fused-ring (bicyclic) bond motifs is 1. The molecule has 1 amide bonds. The van der Waals surface area contributed by atoms with E-state index in [0.717, 1.165) is 17.8 Å². The summed E-state index contributed by atoms with van der Waals surface area (Å²) in [6.07, 6.45) is -4.90. The summed E-state index contributed by atoms with van der Waals surface area (Å²) in [4.78, 5) is 12.3. The van der Waals surface area contributed by atoms with Crippen LogP contribution in [0.4, 0.5) is 18.0 Å². The summed E-state index contributed by atoms with van der Waals surface area (Å²) < 4.78 is 37.7. The predicted molar refractivity (Wildman–Crippen MR) is 71.2 cm³/mol. The lowest BCUT2D eigenvalue weighted by molar-refractivity contribution is -0.137. The first-order valence-corrected chi connectivity index (χ1v) is 6.58. The molecule has 116 valence electrons. The highest BCUT2D eigenvalue weighted by Crippen LogP contribution is 2.32. The molecule has 0 bridgehead atoms. The van der Waals surface area contributed by atoms with Crippen molar-refractivity contribution in [1.82, 2.24) is 15.1 Å². The average Bonchev–Trinajstić information content (AvgIpc) is 2.89. The molecule has 1 aromatic heterocycles. The Balaban J connectivity index is 1.94. The van der Waals surface area contributed by atoms with Gasteiger partial charge in [-0.3, -0.25) is 5.10 Å². The van der Waals surface area contributed by atoms with Crippen LogP contribution in [0.5, 0.6) is 0 Å². The zero-order chi connectivity index (χ0) is 15.9. The van der Waals surface area contributed by atoms with Crippen LogP contribution in [-0.4, -0.2) is 32.8 Å². The van der Waals surface area contributed by atoms with Crippen LogP contribution in [0.25, 0.3) is 11.3 Å². The van der Waals surface area contributed by atoms with E-state index >= 15 is 0 Å². The van der Waals surface area contributed by atoms with Crippen molar-refractivity contribution in [3.63, 3.8) is 0 Å². The predicted octanol–water partition coefficient (Wildman–Crippen LogP) is 3.13. The molecule has 0 saturated carbocycles. The van der Waals surface area contributed by atoms with Crippen molar-refractivity contribution in [2.24, 2.45) is 0 Å². The zero-order valence-corrected chi connectivity index (χ0v) is 11.3. The van der Waals surface area contributed by atoms with Crippen LogP contribution in [-0.2, 0) is 19.1 Å². The third kappa shape index (κ3) is 2.51. The highest BCUT2D eigenvalue weighted by Gasteiger charge is 2.30. The molecule has 3 rings (SSSR count). The number of aromatic amines is 1. The molecule has 0 fully saturated rings. The number of aromatic nitrogens is 2. The first-order chi connectivity index (χ1) is 10.4. The molecule has 0 spiro atoms. The molecule has 1 aliphatic heterocycles. The van der Waals surface area contributed by atoms with E-state index in [1.807, 2.05) is 0 Å². The molecule has 1 aromatic carbocycles. The van der Waals surface area contributed by atoms with Crippen LogP contribution in [0.3, 0.4) is 0 Å². The second-order valence-corrected chi connectivity index (χ2v) is 5.06. The fraction of sp³-hybridized carbons (Fsp3) is 0.286. The zero-order valence-electron chi connectivity index (χ0n) is 11.3. The van der Waals surface area contributed by atoms with E-state index in [0.29, 0.717) is 29.8 Å². The van der Waals surface area contributed by atoms with E-state index in [1.165, 1.54) is 17.0 Å². The molecule has 0 saturated heterocycles. The molecule has 2 heterocycles. The number of hydrogen-bond acceptors (Lipinski definition) is 2. The molecule has 0 unspecified atom stereocenters. The second kappa shape index (κ2) is 5.04. The van der Waals surface area contributed by atoms with Gasteiger partial charge < -0.3 is 10.0 Å². The van der Waals surface area contributed by atoms with Gasteiger partial charge in [0.15, 0.2) is 0 Å². The van der Waals surface area contributed by atoms with Gasteiger partial charge in [-0.2, -0.15) is 18.3 Å². The number of benzene rings is 1. The molecule has 0 atom stereocenters. The van der Waals surface area contributed by atoms with Crippen molar-refractivity contribution in [3.8, 4) is 11.3 Å². The average molecular weight is 311 g/mol. The Bertz CT molecular complexity index is 707. The SMILES string of the molecule is O=C(O)N1CCc2[nH]nc(-c3ccc(C(F)(F)F)cc3)c2C1. The van der Waals surface area contributed by atoms with Gasteiger partial charge in [0.05, 0.1) is 17.8 Å². The molecule has 8 heteroatoms. The molecule has 0 aliphatic carbocycles. The molecule has 2 N–H and O–H groups in total. The molecule has 5 nitrogen and oxygen atoms in total. The van der Waals surface area contributed by atoms with Crippen LogP contribution >= 0.6 is 0 Å². The fourth-order valence-electron chi connectivity index (χ4n) is 2.51. The second-order valence-electron chi connectivity index (χ2n) is 5.06. The maximum atomic E-state index is 12.6. The van der Waals surface area contributed by atoms with Crippen molar-refractivity contribution in [2.75, 3.05) is 6.54 Å². The Labute approximate surface area is 123 Å². The Morgan fingerprint density at radius 2 is 1.95 bits per heavy atom. The van der Waals surface area contributed by atoms with E-state index in [-0.39, 0.29) is 6.54 Å². The smallest absolute Gasteiger partial charge is 0.416 e. The van der Waals surface area contributed by atoms with E-state index in [9.17, 15) is 18.0 Å². The lowest BCUT2D eigenvalue weighted by Gasteiger charge is -2.24. The minimum atomic E-state index is -4.39. The Kier molecular flexibility index (Phi) is 3.31. The largest absolute Gasteiger partial charge is 0.465 e. The third-order valence-corrected chi connectivity index (χ3v) is 3.69. The first-order valence-electron chi connectivity index (χ1n) is 6.58. The van der Waals surface area contributed by atoms with Gasteiger partial charge in [0.2, 0.25) is 0 Å². The van der Waals surface area contributed by atoms with Gasteiger partial charge in [0.25, 0.3) is 0 Å². The molecule has 22 heavy (non-hydrogen) atoms. The third-order valence-electron chi connectivity index (χ3n) is 3.69. The number of alkyl halides is 3. The van der Waals surface area contributed by atoms with E-state index < -0.39 is 17.8 Å². The van der Waals surface area contributed by atoms with Gasteiger partial charge in [-0.25, -0.2) is 4.79 Å². The standard InChI is InChI=1S/C14H12F3N3O2/c15-14(16,17)9-3-1-8(2-4-9)12-10-7-20(13(21)22)6-5-11(10)18-19-12/h1-4H,5-7H2,(H,18,19)(H,21,22). The van der Waals surface area contributed by atoms with Gasteiger partial charge >= 0.3 is 12.3 Å². The molecule has 0 radical (unpaired) electrons. The Hall–Kier alpha value is -2.51. The van der Waals surface area contributed by atoms with Crippen LogP contribution in [0, 0.1) is 0 Å². The number of amides is 1. The molecule has 2 aromatic rings. The molecule has 1 aliphatic rings. The van der Waals surface area contributed by atoms with Gasteiger partial charge in [0.1, 0.15) is 0 Å². The minimum absolute atomic E-state index is 0.178. The molecular formula is C14H12F3N3O2. The quantitative estimate of drug-likeness (QED) is 0.850. The maximum Gasteiger partial charge on any atom is 0.416 e. The van der Waals surface area contributed by atoms with E-state index in [4.69, 9.17) is 5.11 Å². The minimum Gasteiger partial charge on any atom is -0.465 e. The number of hydrogen-bond donors (Lipinski definition) is 2. The number of nitrogens with zero attached hydrogens (tertiary/aromatic N) is 2. The lowest BCUT2D eigenvalue weighted by atomic mass is 10.0. The Morgan fingerprint density at radius 3 is 2.55 bits per heavy atom. The van der Waals surface area contributed by atoms with Crippen molar-refractivity contribution in [1.29, 1.82) is 0 Å². The van der Waals surface area contributed by atoms with Crippen molar-refractivity contribution >= 4 is 6.09 Å². The van der Waals surface area contributed by atoms with Gasteiger partial charge in [-0.15, -0.1) is 0 Å². The fourth-order valence-corrected chi connectivity index (χ4v) is 2.51. The Morgan fingerprint density at radius 1 is 1.27 bits per heavy atom. The number of nitrogens with one attached hydrogen (secondary N) is 1. The summed E-state index contributed by atoms with van der Waals surface area (Å²) in [6.45, 7) is 0.550. The number of carboxylic acid groups (broad SMARTS) is 1. The van der Waals surface area contributed by atoms with Gasteiger partial charge in [0, 0.05) is 29.8 Å². The van der Waals surface area contributed by atoms with Crippen LogP contribution < -0.4 is 0 Å². The lowest BCUT2D eigenvalue weighted by Crippen LogP contribution is -2.34. The first kappa shape index (κ1) is 14.4. The van der Waals surface area contributed by atoms with E-state index in [2.05, 4.69) is 10.2 Å². The number of H-pyrrole nitrogens is 1. The van der Waals surface area contributed by atoms with Crippen molar-refractivity contribution in [2.45, 2.75) is 19.1 Å². The van der Waals surface area contributed by atoms with Gasteiger partial charge in [-0.1, -0.05) is 12.1 Å². The van der Waals surface area contributed by atoms with Crippen LogP contribution in [0.15, 0.2) is 24.3 Å². The van der Waals surface area contributed by atoms with E-state index in [1.54, 1.807) is 0 Å². The summed E-state index contributed by atoms with van der Waals surface area (Å²) in [6, 6.07) is 4.68. The van der Waals surface area contributed by atoms with Crippen LogP contribution in [0.1, 0.15) is 16.8 Å². The summed E-state index contributed by atoms with van der Waals surface area (Å²) in [5, 5.41) is 16.0. The molecular weight excluding hydrogens is 299 g/mol. The van der Waals surface area contributed by atoms with Crippen molar-refractivity contribution < 1.29 is 23.1 Å². The summed E-state index contributed by atoms with van der Waals surface area (Å²) in [7, 11) is 0. The number of rotatable bonds is 1. The monoisotopic (exact) mass is 311 g/mol. The van der Waals surface area contributed by atoms with Crippen molar-refractivity contribution in [3.05, 3.63) is 41.1 Å². The number of carbonyl (C=O) groups is 1. The van der Waals surface area contributed by atoms with Crippen LogP contribution in [0.2, 0.25) is 0 Å². The summed E-state index contributed by atoms with van der Waals surface area (Å²) in [5.74, 6) is 0. The number of halogens is 3. The highest BCUT2D eigenvalue weighted by atomic mass is 19.4. The summed E-state index contributed by atoms with van der Waals surface area (Å²) in [5.41, 5.74) is 1.83. The highest BCUT2D eigenvalue weighted by molar-refractivity contribution is 5.69. The maximum absolute atomic E-state index is 12.6. The normalized spacial score (nSPS) is 14.8.